The van der Waals surface area contributed by atoms with E-state index in [1.165, 1.54) is 6.07 Å². The lowest BCUT2D eigenvalue weighted by Crippen LogP contribution is -1.93. The van der Waals surface area contributed by atoms with Crippen LogP contribution in [0.3, 0.4) is 0 Å². The maximum absolute atomic E-state index is 12.7. The maximum Gasteiger partial charge on any atom is 0.147 e. The SMILES string of the molecule is Cc1cc(Br)cc(F)c1N. The summed E-state index contributed by atoms with van der Waals surface area (Å²) >= 11 is 3.15. The van der Waals surface area contributed by atoms with Gasteiger partial charge in [0, 0.05) is 4.47 Å². The van der Waals surface area contributed by atoms with Gasteiger partial charge in [0.2, 0.25) is 0 Å². The summed E-state index contributed by atoms with van der Waals surface area (Å²) in [5, 5.41) is 0. The van der Waals surface area contributed by atoms with Crippen LogP contribution in [0.2, 0.25) is 0 Å². The fourth-order valence-electron chi connectivity index (χ4n) is 0.713. The molecule has 0 amide bonds. The van der Waals surface area contributed by atoms with E-state index < -0.39 is 0 Å². The van der Waals surface area contributed by atoms with Crippen molar-refractivity contribution in [1.82, 2.24) is 0 Å². The van der Waals surface area contributed by atoms with Gasteiger partial charge >= 0.3 is 0 Å². The third kappa shape index (κ3) is 1.29. The second-order valence-electron chi connectivity index (χ2n) is 2.12. The first-order valence-electron chi connectivity index (χ1n) is 2.82. The first kappa shape index (κ1) is 7.54. The molecule has 0 fully saturated rings. The summed E-state index contributed by atoms with van der Waals surface area (Å²) in [6, 6.07) is 3.13. The Morgan fingerprint density at radius 1 is 1.50 bits per heavy atom. The zero-order valence-electron chi connectivity index (χ0n) is 5.49. The van der Waals surface area contributed by atoms with E-state index in [1.54, 1.807) is 13.0 Å². The second kappa shape index (κ2) is 2.58. The highest BCUT2D eigenvalue weighted by Crippen LogP contribution is 2.20. The molecule has 0 aromatic heterocycles. The Kier molecular flexibility index (Phi) is 1.94. The molecule has 1 aromatic rings. The fraction of sp³-hybridized carbons (Fsp3) is 0.143. The summed E-state index contributed by atoms with van der Waals surface area (Å²) in [6.45, 7) is 1.77. The number of hydrogen-bond acceptors (Lipinski definition) is 1. The molecule has 1 rings (SSSR count). The molecule has 0 heterocycles. The Balaban J connectivity index is 3.31. The second-order valence-corrected chi connectivity index (χ2v) is 3.03. The van der Waals surface area contributed by atoms with Gasteiger partial charge in [-0.15, -0.1) is 0 Å². The normalized spacial score (nSPS) is 9.90. The Bertz CT molecular complexity index is 237. The number of anilines is 1. The van der Waals surface area contributed by atoms with Crippen LogP contribution in [0.5, 0.6) is 0 Å². The summed E-state index contributed by atoms with van der Waals surface area (Å²) in [6.07, 6.45) is 0. The van der Waals surface area contributed by atoms with Crippen molar-refractivity contribution in [3.8, 4) is 0 Å². The molecule has 0 atom stereocenters. The number of hydrogen-bond donors (Lipinski definition) is 1. The van der Waals surface area contributed by atoms with E-state index >= 15 is 0 Å². The van der Waals surface area contributed by atoms with Crippen molar-refractivity contribution in [3.63, 3.8) is 0 Å². The molecular weight excluding hydrogens is 197 g/mol. The summed E-state index contributed by atoms with van der Waals surface area (Å²) in [7, 11) is 0. The Morgan fingerprint density at radius 3 is 2.60 bits per heavy atom. The van der Waals surface area contributed by atoms with Crippen LogP contribution < -0.4 is 5.73 Å². The number of nitrogen functional groups attached to an aromatic ring is 1. The third-order valence-corrected chi connectivity index (χ3v) is 1.76. The molecule has 0 unspecified atom stereocenters. The molecule has 3 heteroatoms. The molecule has 0 bridgehead atoms. The topological polar surface area (TPSA) is 26.0 Å². The van der Waals surface area contributed by atoms with Crippen LogP contribution in [-0.2, 0) is 0 Å². The molecule has 0 saturated carbocycles. The largest absolute Gasteiger partial charge is 0.396 e. The lowest BCUT2D eigenvalue weighted by molar-refractivity contribution is 0.630. The number of nitrogens with two attached hydrogens (primary N) is 1. The van der Waals surface area contributed by atoms with Crippen molar-refractivity contribution in [2.24, 2.45) is 0 Å². The Morgan fingerprint density at radius 2 is 2.10 bits per heavy atom. The van der Waals surface area contributed by atoms with E-state index in [4.69, 9.17) is 5.73 Å². The summed E-state index contributed by atoms with van der Waals surface area (Å²) < 4.78 is 13.4. The average Bonchev–Trinajstić information content (AvgIpc) is 1.82. The monoisotopic (exact) mass is 203 g/mol. The summed E-state index contributed by atoms with van der Waals surface area (Å²) in [4.78, 5) is 0. The van der Waals surface area contributed by atoms with Crippen molar-refractivity contribution in [2.45, 2.75) is 6.92 Å². The molecule has 1 aromatic carbocycles. The molecule has 0 aliphatic heterocycles. The molecular formula is C7H7BrFN. The number of benzene rings is 1. The van der Waals surface area contributed by atoms with E-state index in [0.29, 0.717) is 0 Å². The minimum absolute atomic E-state index is 0.225. The maximum atomic E-state index is 12.7. The molecule has 54 valence electrons. The van der Waals surface area contributed by atoms with E-state index in [2.05, 4.69) is 15.9 Å². The highest BCUT2D eigenvalue weighted by atomic mass is 79.9. The molecule has 0 aliphatic rings. The summed E-state index contributed by atoms with van der Waals surface area (Å²) in [5.74, 6) is -0.369. The molecule has 1 nitrogen and oxygen atoms in total. The lowest BCUT2D eigenvalue weighted by Gasteiger charge is -2.00. The average molecular weight is 204 g/mol. The molecule has 0 aliphatic carbocycles. The number of rotatable bonds is 0. The molecule has 0 spiro atoms. The van der Waals surface area contributed by atoms with Crippen LogP contribution in [0.15, 0.2) is 16.6 Å². The highest BCUT2D eigenvalue weighted by molar-refractivity contribution is 9.10. The predicted molar refractivity (Wildman–Crippen MR) is 43.2 cm³/mol. The van der Waals surface area contributed by atoms with Gasteiger partial charge in [-0.3, -0.25) is 0 Å². The third-order valence-electron chi connectivity index (χ3n) is 1.30. The predicted octanol–water partition coefficient (Wildman–Crippen LogP) is 2.48. The van der Waals surface area contributed by atoms with Gasteiger partial charge in [-0.1, -0.05) is 15.9 Å². The fourth-order valence-corrected chi connectivity index (χ4v) is 1.26. The van der Waals surface area contributed by atoms with Gasteiger partial charge in [-0.25, -0.2) is 4.39 Å². The van der Waals surface area contributed by atoms with Gasteiger partial charge < -0.3 is 5.73 Å². The molecule has 2 N–H and O–H groups in total. The van der Waals surface area contributed by atoms with Crippen LogP contribution in [0.4, 0.5) is 10.1 Å². The van der Waals surface area contributed by atoms with Crippen LogP contribution in [0, 0.1) is 12.7 Å². The van der Waals surface area contributed by atoms with E-state index in [9.17, 15) is 4.39 Å². The van der Waals surface area contributed by atoms with Gasteiger partial charge in [-0.05, 0) is 24.6 Å². The van der Waals surface area contributed by atoms with Gasteiger partial charge in [0.05, 0.1) is 5.69 Å². The quantitative estimate of drug-likeness (QED) is 0.645. The van der Waals surface area contributed by atoms with Gasteiger partial charge in [0.15, 0.2) is 0 Å². The smallest absolute Gasteiger partial charge is 0.147 e. The van der Waals surface area contributed by atoms with Crippen LogP contribution in [0.25, 0.3) is 0 Å². The number of aryl methyl sites for hydroxylation is 1. The van der Waals surface area contributed by atoms with E-state index in [1.807, 2.05) is 0 Å². The standard InChI is InChI=1S/C7H7BrFN/c1-4-2-5(8)3-6(9)7(4)10/h2-3H,10H2,1H3. The first-order valence-corrected chi connectivity index (χ1v) is 3.61. The van der Waals surface area contributed by atoms with E-state index in [0.717, 1.165) is 10.0 Å². The zero-order valence-corrected chi connectivity index (χ0v) is 7.07. The van der Waals surface area contributed by atoms with Crippen molar-refractivity contribution in [1.29, 1.82) is 0 Å². The van der Waals surface area contributed by atoms with Crippen molar-refractivity contribution in [2.75, 3.05) is 5.73 Å². The molecule has 0 radical (unpaired) electrons. The van der Waals surface area contributed by atoms with Gasteiger partial charge in [0.1, 0.15) is 5.82 Å². The minimum Gasteiger partial charge on any atom is -0.396 e. The van der Waals surface area contributed by atoms with E-state index in [-0.39, 0.29) is 11.5 Å². The van der Waals surface area contributed by atoms with Crippen molar-refractivity contribution in [3.05, 3.63) is 28.0 Å². The lowest BCUT2D eigenvalue weighted by atomic mass is 10.2. The number of halogens is 2. The van der Waals surface area contributed by atoms with Gasteiger partial charge in [-0.2, -0.15) is 0 Å². The minimum atomic E-state index is -0.369. The van der Waals surface area contributed by atoms with Crippen molar-refractivity contribution < 1.29 is 4.39 Å². The highest BCUT2D eigenvalue weighted by Gasteiger charge is 2.01. The van der Waals surface area contributed by atoms with Crippen LogP contribution >= 0.6 is 15.9 Å². The van der Waals surface area contributed by atoms with Crippen LogP contribution in [0.1, 0.15) is 5.56 Å². The Hall–Kier alpha value is -0.570. The molecule has 10 heavy (non-hydrogen) atoms. The molecule has 0 saturated heterocycles. The van der Waals surface area contributed by atoms with Crippen LogP contribution in [-0.4, -0.2) is 0 Å². The Labute approximate surface area is 67.2 Å². The van der Waals surface area contributed by atoms with Crippen molar-refractivity contribution >= 4 is 21.6 Å². The first-order chi connectivity index (χ1) is 4.61. The zero-order chi connectivity index (χ0) is 7.72. The van der Waals surface area contributed by atoms with Gasteiger partial charge in [0.25, 0.3) is 0 Å². The summed E-state index contributed by atoms with van der Waals surface area (Å²) in [5.41, 5.74) is 6.34.